The summed E-state index contributed by atoms with van der Waals surface area (Å²) in [5, 5.41) is 1.39. The minimum absolute atomic E-state index is 0.176. The Kier molecular flexibility index (Phi) is 5.54. The van der Waals surface area contributed by atoms with E-state index in [0.717, 1.165) is 10.9 Å². The van der Waals surface area contributed by atoms with Crippen molar-refractivity contribution >= 4 is 20.8 Å². The molecule has 5 nitrogen and oxygen atoms in total. The molecule has 152 valence electrons. The largest absolute Gasteiger partial charge is 0.493 e. The Morgan fingerprint density at radius 3 is 2.52 bits per heavy atom. The second kappa shape index (κ2) is 8.10. The fourth-order valence-electron chi connectivity index (χ4n) is 3.61. The number of benzene rings is 3. The van der Waals surface area contributed by atoms with Crippen LogP contribution in [0.4, 0.5) is 4.39 Å². The first-order valence-corrected chi connectivity index (χ1v) is 11.0. The van der Waals surface area contributed by atoms with Gasteiger partial charge in [-0.15, -0.1) is 0 Å². The predicted octanol–water partition coefficient (Wildman–Crippen LogP) is 4.14. The van der Waals surface area contributed by atoms with Crippen LogP contribution in [-0.4, -0.2) is 39.0 Å². The van der Waals surface area contributed by atoms with E-state index >= 15 is 0 Å². The molecule has 1 aliphatic rings. The summed E-state index contributed by atoms with van der Waals surface area (Å²) in [5.74, 6) is 0.322. The van der Waals surface area contributed by atoms with E-state index in [4.69, 9.17) is 9.47 Å². The van der Waals surface area contributed by atoms with Crippen molar-refractivity contribution in [1.29, 1.82) is 0 Å². The first-order valence-electron chi connectivity index (χ1n) is 9.52. The highest BCUT2D eigenvalue weighted by molar-refractivity contribution is 7.89. The van der Waals surface area contributed by atoms with E-state index in [-0.39, 0.29) is 30.4 Å². The van der Waals surface area contributed by atoms with E-state index in [2.05, 4.69) is 0 Å². The lowest BCUT2D eigenvalue weighted by atomic mass is 10.1. The molecule has 1 saturated heterocycles. The van der Waals surface area contributed by atoms with E-state index in [1.54, 1.807) is 30.3 Å². The highest BCUT2D eigenvalue weighted by Gasteiger charge is 2.32. The quantitative estimate of drug-likeness (QED) is 0.629. The lowest BCUT2D eigenvalue weighted by molar-refractivity contribution is -0.00256. The second-order valence-electron chi connectivity index (χ2n) is 6.81. The molecule has 0 bridgehead atoms. The molecular formula is C22H22FNO4S. The van der Waals surface area contributed by atoms with Gasteiger partial charge in [0.25, 0.3) is 0 Å². The van der Waals surface area contributed by atoms with E-state index < -0.39 is 16.1 Å². The molecule has 0 N–H and O–H groups in total. The lowest BCUT2D eigenvalue weighted by Gasteiger charge is -2.32. The number of rotatable bonds is 5. The van der Waals surface area contributed by atoms with E-state index in [0.29, 0.717) is 17.7 Å². The van der Waals surface area contributed by atoms with Crippen molar-refractivity contribution in [2.45, 2.75) is 17.9 Å². The molecule has 0 spiro atoms. The van der Waals surface area contributed by atoms with Gasteiger partial charge in [-0.25, -0.2) is 12.8 Å². The van der Waals surface area contributed by atoms with E-state index in [1.165, 1.54) is 16.4 Å². The van der Waals surface area contributed by atoms with Crippen molar-refractivity contribution in [3.05, 3.63) is 72.0 Å². The van der Waals surface area contributed by atoms with Crippen molar-refractivity contribution < 1.29 is 22.3 Å². The van der Waals surface area contributed by atoms with Gasteiger partial charge in [0.15, 0.2) is 0 Å². The Hall–Kier alpha value is -2.48. The summed E-state index contributed by atoms with van der Waals surface area (Å²) in [4.78, 5) is 0.247. The van der Waals surface area contributed by atoms with Crippen LogP contribution in [0.3, 0.4) is 0 Å². The van der Waals surface area contributed by atoms with Crippen LogP contribution >= 0.6 is 0 Å². The maximum absolute atomic E-state index is 13.5. The van der Waals surface area contributed by atoms with Crippen molar-refractivity contribution in [3.63, 3.8) is 0 Å². The summed E-state index contributed by atoms with van der Waals surface area (Å²) < 4.78 is 53.0. The first-order chi connectivity index (χ1) is 14.0. The van der Waals surface area contributed by atoms with Gasteiger partial charge in [0.05, 0.1) is 24.2 Å². The SMILES string of the molecule is CCOc1ccc(S(=O)(=O)N2CCOC(c3ccc(F)cc3)C2)c2ccccc12. The smallest absolute Gasteiger partial charge is 0.243 e. The molecule has 3 aromatic carbocycles. The number of ether oxygens (including phenoxy) is 2. The van der Waals surface area contributed by atoms with Crippen LogP contribution in [0.2, 0.25) is 0 Å². The van der Waals surface area contributed by atoms with Crippen molar-refractivity contribution in [2.75, 3.05) is 26.3 Å². The predicted molar refractivity (Wildman–Crippen MR) is 109 cm³/mol. The number of nitrogens with zero attached hydrogens (tertiary/aromatic N) is 1. The van der Waals surface area contributed by atoms with Gasteiger partial charge in [-0.05, 0) is 36.8 Å². The molecule has 1 unspecified atom stereocenters. The van der Waals surface area contributed by atoms with Gasteiger partial charge in [-0.1, -0.05) is 36.4 Å². The molecule has 4 rings (SSSR count). The van der Waals surface area contributed by atoms with E-state index in [1.807, 2.05) is 25.1 Å². The van der Waals surface area contributed by atoms with Crippen LogP contribution in [-0.2, 0) is 14.8 Å². The molecule has 0 amide bonds. The Bertz CT molecular complexity index is 1120. The molecule has 0 saturated carbocycles. The number of sulfonamides is 1. The summed E-state index contributed by atoms with van der Waals surface area (Å²) in [6.07, 6.45) is -0.437. The summed E-state index contributed by atoms with van der Waals surface area (Å²) in [5.41, 5.74) is 0.753. The topological polar surface area (TPSA) is 55.8 Å². The fraction of sp³-hybridized carbons (Fsp3) is 0.273. The maximum atomic E-state index is 13.5. The molecule has 0 radical (unpaired) electrons. The zero-order valence-electron chi connectivity index (χ0n) is 16.0. The molecule has 3 aromatic rings. The van der Waals surface area contributed by atoms with Crippen LogP contribution < -0.4 is 4.74 Å². The molecule has 0 aromatic heterocycles. The average molecular weight is 415 g/mol. The molecule has 1 heterocycles. The third-order valence-corrected chi connectivity index (χ3v) is 6.96. The monoisotopic (exact) mass is 415 g/mol. The minimum atomic E-state index is -3.75. The van der Waals surface area contributed by atoms with Gasteiger partial charge in [0, 0.05) is 23.9 Å². The Labute approximate surface area is 169 Å². The van der Waals surface area contributed by atoms with Crippen LogP contribution in [0.15, 0.2) is 65.6 Å². The third kappa shape index (κ3) is 3.85. The number of hydrogen-bond donors (Lipinski definition) is 0. The van der Waals surface area contributed by atoms with Crippen LogP contribution in [0.1, 0.15) is 18.6 Å². The molecule has 1 atom stereocenters. The first kappa shape index (κ1) is 19.8. The normalized spacial score (nSPS) is 18.1. The van der Waals surface area contributed by atoms with Crippen LogP contribution in [0.25, 0.3) is 10.8 Å². The summed E-state index contributed by atoms with van der Waals surface area (Å²) in [6, 6.07) is 16.6. The second-order valence-corrected chi connectivity index (χ2v) is 8.72. The summed E-state index contributed by atoms with van der Waals surface area (Å²) >= 11 is 0. The fourth-order valence-corrected chi connectivity index (χ4v) is 5.23. The van der Waals surface area contributed by atoms with Gasteiger partial charge >= 0.3 is 0 Å². The zero-order chi connectivity index (χ0) is 20.4. The summed E-state index contributed by atoms with van der Waals surface area (Å²) in [6.45, 7) is 3.11. The highest BCUT2D eigenvalue weighted by atomic mass is 32.2. The van der Waals surface area contributed by atoms with Gasteiger partial charge in [0.2, 0.25) is 10.0 Å². The van der Waals surface area contributed by atoms with Crippen molar-refractivity contribution in [2.24, 2.45) is 0 Å². The molecule has 1 aliphatic heterocycles. The standard InChI is InChI=1S/C22H22FNO4S/c1-2-27-20-11-12-22(19-6-4-3-5-18(19)20)29(25,26)24-13-14-28-21(15-24)16-7-9-17(23)10-8-16/h3-12,21H,2,13-15H2,1H3. The average Bonchev–Trinajstić information content (AvgIpc) is 2.74. The lowest BCUT2D eigenvalue weighted by Crippen LogP contribution is -2.42. The van der Waals surface area contributed by atoms with Gasteiger partial charge < -0.3 is 9.47 Å². The number of morpholine rings is 1. The minimum Gasteiger partial charge on any atom is -0.493 e. The molecule has 1 fully saturated rings. The maximum Gasteiger partial charge on any atom is 0.243 e. The van der Waals surface area contributed by atoms with Crippen molar-refractivity contribution in [1.82, 2.24) is 4.31 Å². The molecule has 7 heteroatoms. The molecular weight excluding hydrogens is 393 g/mol. The van der Waals surface area contributed by atoms with Crippen LogP contribution in [0, 0.1) is 5.82 Å². The number of fused-ring (bicyclic) bond motifs is 1. The van der Waals surface area contributed by atoms with E-state index in [9.17, 15) is 12.8 Å². The third-order valence-electron chi connectivity index (χ3n) is 5.03. The van der Waals surface area contributed by atoms with Crippen LogP contribution in [0.5, 0.6) is 5.75 Å². The van der Waals surface area contributed by atoms with Crippen molar-refractivity contribution in [3.8, 4) is 5.75 Å². The Morgan fingerprint density at radius 2 is 1.79 bits per heavy atom. The zero-order valence-corrected chi connectivity index (χ0v) is 16.9. The van der Waals surface area contributed by atoms with Gasteiger partial charge in [-0.2, -0.15) is 4.31 Å². The highest BCUT2D eigenvalue weighted by Crippen LogP contribution is 2.34. The Balaban J connectivity index is 1.69. The van der Waals surface area contributed by atoms with Gasteiger partial charge in [0.1, 0.15) is 11.6 Å². The molecule has 29 heavy (non-hydrogen) atoms. The number of hydrogen-bond acceptors (Lipinski definition) is 4. The van der Waals surface area contributed by atoms with Gasteiger partial charge in [-0.3, -0.25) is 0 Å². The molecule has 0 aliphatic carbocycles. The number of halogens is 1. The summed E-state index contributed by atoms with van der Waals surface area (Å²) in [7, 11) is -3.75. The Morgan fingerprint density at radius 1 is 1.07 bits per heavy atom.